The summed E-state index contributed by atoms with van der Waals surface area (Å²) in [5.74, 6) is -0.195. The number of thioether (sulfide) groups is 1. The minimum absolute atomic E-state index is 0.114. The molecule has 0 N–H and O–H groups in total. The fourth-order valence-electron chi connectivity index (χ4n) is 4.06. The van der Waals surface area contributed by atoms with Crippen molar-refractivity contribution in [2.24, 2.45) is 0 Å². The van der Waals surface area contributed by atoms with Crippen molar-refractivity contribution < 1.29 is 9.21 Å². The fourth-order valence-corrected chi connectivity index (χ4v) is 4.73. The molecule has 1 unspecified atom stereocenters. The lowest BCUT2D eigenvalue weighted by Gasteiger charge is -2.25. The van der Waals surface area contributed by atoms with Crippen LogP contribution in [0.25, 0.3) is 11.0 Å². The van der Waals surface area contributed by atoms with E-state index in [4.69, 9.17) is 4.42 Å². The first kappa shape index (κ1) is 20.1. The van der Waals surface area contributed by atoms with E-state index in [1.165, 1.54) is 0 Å². The topological polar surface area (TPSA) is 50.5 Å². The molecule has 0 radical (unpaired) electrons. The van der Waals surface area contributed by atoms with Gasteiger partial charge in [-0.3, -0.25) is 14.5 Å². The van der Waals surface area contributed by atoms with Gasteiger partial charge in [0, 0.05) is 15.1 Å². The van der Waals surface area contributed by atoms with Gasteiger partial charge in [-0.25, -0.2) is 0 Å². The molecule has 4 nitrogen and oxygen atoms in total. The molecule has 154 valence electrons. The number of carbonyl (C=O) groups is 1. The van der Waals surface area contributed by atoms with Gasteiger partial charge in [0.25, 0.3) is 5.91 Å². The number of hydrogen-bond donors (Lipinski definition) is 0. The van der Waals surface area contributed by atoms with E-state index in [0.717, 1.165) is 20.5 Å². The number of hydrogen-bond acceptors (Lipinski definition) is 4. The van der Waals surface area contributed by atoms with E-state index in [9.17, 15) is 9.59 Å². The van der Waals surface area contributed by atoms with Gasteiger partial charge >= 0.3 is 0 Å². The van der Waals surface area contributed by atoms with Crippen LogP contribution in [-0.4, -0.2) is 12.2 Å². The van der Waals surface area contributed by atoms with Gasteiger partial charge in [-0.05, 0) is 67.3 Å². The van der Waals surface area contributed by atoms with Crippen LogP contribution in [-0.2, 0) is 0 Å². The molecule has 0 saturated carbocycles. The number of fused-ring (bicyclic) bond motifs is 2. The summed E-state index contributed by atoms with van der Waals surface area (Å²) in [5.41, 5.74) is 3.20. The van der Waals surface area contributed by atoms with Crippen molar-refractivity contribution in [2.75, 3.05) is 11.2 Å². The highest BCUT2D eigenvalue weighted by Gasteiger charge is 2.43. The quantitative estimate of drug-likeness (QED) is 0.314. The predicted octanol–water partition coefficient (Wildman–Crippen LogP) is 6.34. The van der Waals surface area contributed by atoms with Crippen molar-refractivity contribution in [3.63, 3.8) is 0 Å². The van der Waals surface area contributed by atoms with E-state index in [2.05, 4.69) is 15.9 Å². The third-order valence-electron chi connectivity index (χ3n) is 5.56. The number of halogens is 1. The second-order valence-electron chi connectivity index (χ2n) is 7.50. The Labute approximate surface area is 192 Å². The van der Waals surface area contributed by atoms with Crippen molar-refractivity contribution in [2.45, 2.75) is 17.9 Å². The third-order valence-corrected chi connectivity index (χ3v) is 6.83. The highest BCUT2D eigenvalue weighted by atomic mass is 79.9. The van der Waals surface area contributed by atoms with Crippen molar-refractivity contribution in [3.8, 4) is 0 Å². The molecule has 0 fully saturated rings. The van der Waals surface area contributed by atoms with Crippen LogP contribution in [0.3, 0.4) is 0 Å². The number of carbonyl (C=O) groups excluding carboxylic acids is 1. The maximum absolute atomic E-state index is 13.6. The van der Waals surface area contributed by atoms with Crippen LogP contribution in [0.4, 0.5) is 5.69 Å². The van der Waals surface area contributed by atoms with E-state index in [1.807, 2.05) is 73.8 Å². The van der Waals surface area contributed by atoms with E-state index in [-0.39, 0.29) is 17.1 Å². The van der Waals surface area contributed by atoms with Crippen molar-refractivity contribution >= 4 is 50.3 Å². The molecule has 4 aromatic rings. The highest BCUT2D eigenvalue weighted by molar-refractivity contribution is 9.10. The van der Waals surface area contributed by atoms with E-state index in [0.29, 0.717) is 22.2 Å². The molecule has 0 saturated heterocycles. The second-order valence-corrected chi connectivity index (χ2v) is 9.30. The molecule has 6 heteroatoms. The molecule has 1 aromatic heterocycles. The molecule has 0 aliphatic carbocycles. The third kappa shape index (κ3) is 3.30. The van der Waals surface area contributed by atoms with Gasteiger partial charge in [0.1, 0.15) is 5.58 Å². The number of nitrogens with zero attached hydrogens (tertiary/aromatic N) is 1. The normalized spacial score (nSPS) is 15.5. The van der Waals surface area contributed by atoms with E-state index in [1.54, 1.807) is 22.7 Å². The van der Waals surface area contributed by atoms with Gasteiger partial charge in [-0.15, -0.1) is 11.8 Å². The number of benzene rings is 3. The average Bonchev–Trinajstić information content (AvgIpc) is 3.07. The van der Waals surface area contributed by atoms with Crippen molar-refractivity contribution in [1.29, 1.82) is 0 Å². The van der Waals surface area contributed by atoms with Crippen LogP contribution in [0.15, 0.2) is 85.3 Å². The van der Waals surface area contributed by atoms with Gasteiger partial charge in [-0.1, -0.05) is 39.7 Å². The lowest BCUT2D eigenvalue weighted by molar-refractivity contribution is 0.0971. The molecule has 0 spiro atoms. The Hall–Kier alpha value is -2.83. The number of anilines is 1. The Morgan fingerprint density at radius 3 is 2.35 bits per heavy atom. The first-order chi connectivity index (χ1) is 15.0. The van der Waals surface area contributed by atoms with Crippen molar-refractivity contribution in [1.82, 2.24) is 0 Å². The molecule has 1 aliphatic heterocycles. The smallest absolute Gasteiger partial charge is 0.295 e. The molecule has 5 rings (SSSR count). The molecule has 1 amide bonds. The van der Waals surface area contributed by atoms with Crippen LogP contribution in [0.1, 0.15) is 33.3 Å². The summed E-state index contributed by atoms with van der Waals surface area (Å²) in [7, 11) is 0. The van der Waals surface area contributed by atoms with Crippen molar-refractivity contribution in [3.05, 3.63) is 104 Å². The van der Waals surface area contributed by atoms with Crippen LogP contribution < -0.4 is 10.3 Å². The Morgan fingerprint density at radius 1 is 0.968 bits per heavy atom. The molecular weight excluding hydrogens is 474 g/mol. The van der Waals surface area contributed by atoms with Gasteiger partial charge < -0.3 is 4.42 Å². The van der Waals surface area contributed by atoms with Gasteiger partial charge in [0.05, 0.1) is 17.0 Å². The lowest BCUT2D eigenvalue weighted by atomic mass is 9.98. The molecule has 1 atom stereocenters. The maximum atomic E-state index is 13.6. The average molecular weight is 492 g/mol. The minimum atomic E-state index is -0.555. The summed E-state index contributed by atoms with van der Waals surface area (Å²) in [6.45, 7) is 1.93. The molecule has 1 aliphatic rings. The number of amides is 1. The van der Waals surface area contributed by atoms with Crippen LogP contribution in [0, 0.1) is 6.92 Å². The second kappa shape index (κ2) is 7.70. The molecule has 3 aromatic carbocycles. The Balaban J connectivity index is 1.79. The zero-order valence-corrected chi connectivity index (χ0v) is 19.3. The first-order valence-corrected chi connectivity index (χ1v) is 11.8. The summed E-state index contributed by atoms with van der Waals surface area (Å²) in [6.07, 6.45) is 2.01. The van der Waals surface area contributed by atoms with Crippen LogP contribution in [0.2, 0.25) is 0 Å². The molecule has 2 heterocycles. The fraction of sp³-hybridized carbons (Fsp3) is 0.120. The largest absolute Gasteiger partial charge is 0.450 e. The van der Waals surface area contributed by atoms with Crippen LogP contribution in [0.5, 0.6) is 0 Å². The Kier molecular flexibility index (Phi) is 4.99. The lowest BCUT2D eigenvalue weighted by Crippen LogP contribution is -2.29. The summed E-state index contributed by atoms with van der Waals surface area (Å²) >= 11 is 5.09. The molecule has 0 bridgehead atoms. The van der Waals surface area contributed by atoms with Gasteiger partial charge in [-0.2, -0.15) is 0 Å². The SMILES string of the molecule is CSc1ccc(C2c3c(oc4ccc(C)cc4c3=O)C(=O)N2c2ccc(Br)cc2)cc1. The highest BCUT2D eigenvalue weighted by Crippen LogP contribution is 2.41. The van der Waals surface area contributed by atoms with E-state index >= 15 is 0 Å². The summed E-state index contributed by atoms with van der Waals surface area (Å²) in [6, 6.07) is 20.4. The predicted molar refractivity (Wildman–Crippen MR) is 128 cm³/mol. The van der Waals surface area contributed by atoms with Crippen LogP contribution >= 0.6 is 27.7 Å². The first-order valence-electron chi connectivity index (χ1n) is 9.78. The Morgan fingerprint density at radius 2 is 1.68 bits per heavy atom. The van der Waals surface area contributed by atoms with Gasteiger partial charge in [0.15, 0.2) is 5.43 Å². The monoisotopic (exact) mass is 491 g/mol. The molecule has 31 heavy (non-hydrogen) atoms. The summed E-state index contributed by atoms with van der Waals surface area (Å²) < 4.78 is 6.93. The number of aryl methyl sites for hydroxylation is 1. The minimum Gasteiger partial charge on any atom is -0.450 e. The summed E-state index contributed by atoms with van der Waals surface area (Å²) in [4.78, 5) is 29.9. The van der Waals surface area contributed by atoms with E-state index < -0.39 is 6.04 Å². The maximum Gasteiger partial charge on any atom is 0.295 e. The zero-order valence-electron chi connectivity index (χ0n) is 16.9. The Bertz CT molecular complexity index is 1380. The molecular formula is C25H18BrNO3S. The number of rotatable bonds is 3. The van der Waals surface area contributed by atoms with Gasteiger partial charge in [0.2, 0.25) is 5.76 Å². The standard InChI is InChI=1S/C25H18BrNO3S/c1-14-3-12-20-19(13-14)23(28)21-22(15-4-10-18(31-2)11-5-15)27(25(29)24(21)30-20)17-8-6-16(26)7-9-17/h3-13,22H,1-2H3. The summed E-state index contributed by atoms with van der Waals surface area (Å²) in [5, 5.41) is 0.495. The zero-order chi connectivity index (χ0) is 21.7.